The van der Waals surface area contributed by atoms with Crippen LogP contribution < -0.4 is 10.2 Å². The number of nitrogens with one attached hydrogen (secondary N) is 1. The Morgan fingerprint density at radius 2 is 1.74 bits per heavy atom. The van der Waals surface area contributed by atoms with Crippen LogP contribution in [0.5, 0.6) is 0 Å². The number of piperazine rings is 1. The molecule has 0 atom stereocenters. The summed E-state index contributed by atoms with van der Waals surface area (Å²) in [5.41, 5.74) is 1.65. The zero-order valence-electron chi connectivity index (χ0n) is 18.3. The largest absolute Gasteiger partial charge is 0.381 e. The van der Waals surface area contributed by atoms with Crippen molar-refractivity contribution >= 4 is 23.5 Å². The Labute approximate surface area is 183 Å². The van der Waals surface area contributed by atoms with E-state index in [1.54, 1.807) is 18.5 Å². The first-order valence-electron chi connectivity index (χ1n) is 10.8. The second-order valence-electron chi connectivity index (χ2n) is 8.06. The van der Waals surface area contributed by atoms with Gasteiger partial charge >= 0.3 is 0 Å². The lowest BCUT2D eigenvalue weighted by molar-refractivity contribution is -0.130. The molecule has 1 aliphatic heterocycles. The fourth-order valence-electron chi connectivity index (χ4n) is 3.31. The minimum atomic E-state index is -0.0761. The van der Waals surface area contributed by atoms with E-state index >= 15 is 0 Å². The van der Waals surface area contributed by atoms with Crippen LogP contribution in [0.3, 0.4) is 0 Å². The van der Waals surface area contributed by atoms with Gasteiger partial charge in [-0.25, -0.2) is 9.97 Å². The Balaban J connectivity index is 1.40. The third kappa shape index (κ3) is 7.32. The lowest BCUT2D eigenvalue weighted by Gasteiger charge is -2.34. The van der Waals surface area contributed by atoms with E-state index in [0.29, 0.717) is 51.0 Å². The first kappa shape index (κ1) is 22.7. The summed E-state index contributed by atoms with van der Waals surface area (Å²) in [6.07, 6.45) is 4.13. The summed E-state index contributed by atoms with van der Waals surface area (Å²) in [5.74, 6) is 1.19. The molecule has 8 nitrogen and oxygen atoms in total. The molecule has 1 fully saturated rings. The maximum atomic E-state index is 12.7. The maximum absolute atomic E-state index is 12.7. The average Bonchev–Trinajstić information content (AvgIpc) is 2.78. The summed E-state index contributed by atoms with van der Waals surface area (Å²) in [6.45, 7) is 7.99. The molecule has 2 amide bonds. The van der Waals surface area contributed by atoms with Crippen molar-refractivity contribution in [2.45, 2.75) is 26.7 Å². The van der Waals surface area contributed by atoms with Gasteiger partial charge in [-0.1, -0.05) is 26.0 Å². The number of ether oxygens (including phenoxy) is 1. The van der Waals surface area contributed by atoms with Gasteiger partial charge in [0.25, 0.3) is 0 Å². The van der Waals surface area contributed by atoms with Crippen LogP contribution >= 0.6 is 0 Å². The van der Waals surface area contributed by atoms with Crippen LogP contribution in [0.4, 0.5) is 11.6 Å². The van der Waals surface area contributed by atoms with Gasteiger partial charge in [-0.2, -0.15) is 0 Å². The Kier molecular flexibility index (Phi) is 8.35. The molecule has 0 radical (unpaired) electrons. The maximum Gasteiger partial charge on any atom is 0.227 e. The predicted molar refractivity (Wildman–Crippen MR) is 120 cm³/mol. The minimum Gasteiger partial charge on any atom is -0.381 e. The summed E-state index contributed by atoms with van der Waals surface area (Å²) in [7, 11) is 0. The van der Waals surface area contributed by atoms with Crippen molar-refractivity contribution < 1.29 is 14.3 Å². The van der Waals surface area contributed by atoms with Gasteiger partial charge in [0.15, 0.2) is 0 Å². The summed E-state index contributed by atoms with van der Waals surface area (Å²) in [6, 6.07) is 9.23. The van der Waals surface area contributed by atoms with Gasteiger partial charge in [-0.3, -0.25) is 9.59 Å². The van der Waals surface area contributed by atoms with Crippen LogP contribution in [0.25, 0.3) is 0 Å². The second kappa shape index (κ2) is 11.4. The van der Waals surface area contributed by atoms with Crippen molar-refractivity contribution in [1.29, 1.82) is 0 Å². The molecule has 2 heterocycles. The normalized spacial score (nSPS) is 14.0. The molecule has 0 bridgehead atoms. The van der Waals surface area contributed by atoms with Gasteiger partial charge < -0.3 is 19.9 Å². The number of anilines is 2. The summed E-state index contributed by atoms with van der Waals surface area (Å²) < 4.78 is 5.44. The van der Waals surface area contributed by atoms with Gasteiger partial charge in [0, 0.05) is 50.9 Å². The van der Waals surface area contributed by atoms with E-state index in [-0.39, 0.29) is 11.8 Å². The number of hydrogen-bond donors (Lipinski definition) is 1. The standard InChI is InChI=1S/C23H31N5O3/c1-18(2)17-31-15-8-21(29)26-20-6-4-19(5-7-20)16-22(30)27-11-13-28(14-12-27)23-24-9-3-10-25-23/h3-7,9-10,18H,8,11-17H2,1-2H3,(H,26,29). The van der Waals surface area contributed by atoms with Gasteiger partial charge in [-0.15, -0.1) is 0 Å². The molecule has 2 aromatic rings. The monoisotopic (exact) mass is 425 g/mol. The molecule has 31 heavy (non-hydrogen) atoms. The lowest BCUT2D eigenvalue weighted by atomic mass is 10.1. The molecule has 0 spiro atoms. The Morgan fingerprint density at radius 3 is 2.39 bits per heavy atom. The van der Waals surface area contributed by atoms with Crippen LogP contribution in [-0.4, -0.2) is 66.1 Å². The fraction of sp³-hybridized carbons (Fsp3) is 0.478. The van der Waals surface area contributed by atoms with E-state index in [0.717, 1.165) is 24.3 Å². The van der Waals surface area contributed by atoms with Gasteiger partial charge in [-0.05, 0) is 29.7 Å². The third-order valence-electron chi connectivity index (χ3n) is 4.99. The zero-order chi connectivity index (χ0) is 22.1. The first-order chi connectivity index (χ1) is 15.0. The fourth-order valence-corrected chi connectivity index (χ4v) is 3.31. The van der Waals surface area contributed by atoms with E-state index < -0.39 is 0 Å². The molecule has 0 aliphatic carbocycles. The van der Waals surface area contributed by atoms with Crippen LogP contribution in [0, 0.1) is 5.92 Å². The Bertz CT molecular complexity index is 834. The van der Waals surface area contributed by atoms with Crippen LogP contribution in [-0.2, 0) is 20.7 Å². The molecule has 1 aromatic heterocycles. The van der Waals surface area contributed by atoms with E-state index in [2.05, 4.69) is 34.0 Å². The highest BCUT2D eigenvalue weighted by Gasteiger charge is 2.22. The molecular formula is C23H31N5O3. The highest BCUT2D eigenvalue weighted by molar-refractivity contribution is 5.90. The molecule has 8 heteroatoms. The van der Waals surface area contributed by atoms with Crippen LogP contribution in [0.1, 0.15) is 25.8 Å². The van der Waals surface area contributed by atoms with Crippen molar-refractivity contribution in [3.63, 3.8) is 0 Å². The highest BCUT2D eigenvalue weighted by Crippen LogP contribution is 2.14. The van der Waals surface area contributed by atoms with Crippen molar-refractivity contribution in [1.82, 2.24) is 14.9 Å². The van der Waals surface area contributed by atoms with Crippen LogP contribution in [0.15, 0.2) is 42.7 Å². The number of aromatic nitrogens is 2. The zero-order valence-corrected chi connectivity index (χ0v) is 18.3. The second-order valence-corrected chi connectivity index (χ2v) is 8.06. The molecule has 1 saturated heterocycles. The van der Waals surface area contributed by atoms with Crippen molar-refractivity contribution in [3.8, 4) is 0 Å². The van der Waals surface area contributed by atoms with Gasteiger partial charge in [0.2, 0.25) is 17.8 Å². The predicted octanol–water partition coefficient (Wildman–Crippen LogP) is 2.37. The molecule has 3 rings (SSSR count). The van der Waals surface area contributed by atoms with Gasteiger partial charge in [0.1, 0.15) is 0 Å². The average molecular weight is 426 g/mol. The summed E-state index contributed by atoms with van der Waals surface area (Å²) >= 11 is 0. The number of hydrogen-bond acceptors (Lipinski definition) is 6. The molecular weight excluding hydrogens is 394 g/mol. The van der Waals surface area contributed by atoms with E-state index in [1.807, 2.05) is 29.2 Å². The number of benzene rings is 1. The number of amides is 2. The van der Waals surface area contributed by atoms with Crippen molar-refractivity contribution in [2.75, 3.05) is 49.6 Å². The number of carbonyl (C=O) groups is 2. The van der Waals surface area contributed by atoms with Crippen molar-refractivity contribution in [3.05, 3.63) is 48.3 Å². The number of rotatable bonds is 9. The SMILES string of the molecule is CC(C)COCCC(=O)Nc1ccc(CC(=O)N2CCN(c3ncccn3)CC2)cc1. The molecule has 0 unspecified atom stereocenters. The van der Waals surface area contributed by atoms with Crippen molar-refractivity contribution in [2.24, 2.45) is 5.92 Å². The third-order valence-corrected chi connectivity index (χ3v) is 4.99. The summed E-state index contributed by atoms with van der Waals surface area (Å²) in [5, 5.41) is 2.86. The first-order valence-corrected chi connectivity index (χ1v) is 10.8. The summed E-state index contributed by atoms with van der Waals surface area (Å²) in [4.78, 5) is 37.2. The Hall–Kier alpha value is -3.00. The molecule has 1 N–H and O–H groups in total. The van der Waals surface area contributed by atoms with E-state index in [1.165, 1.54) is 0 Å². The molecule has 0 saturated carbocycles. The number of nitrogens with zero attached hydrogens (tertiary/aromatic N) is 4. The number of carbonyl (C=O) groups excluding carboxylic acids is 2. The molecule has 166 valence electrons. The quantitative estimate of drug-likeness (QED) is 0.621. The Morgan fingerprint density at radius 1 is 1.06 bits per heavy atom. The van der Waals surface area contributed by atoms with E-state index in [4.69, 9.17) is 4.74 Å². The van der Waals surface area contributed by atoms with Crippen LogP contribution in [0.2, 0.25) is 0 Å². The molecule has 1 aromatic carbocycles. The van der Waals surface area contributed by atoms with Gasteiger partial charge in [0.05, 0.1) is 19.4 Å². The lowest BCUT2D eigenvalue weighted by Crippen LogP contribution is -2.49. The van der Waals surface area contributed by atoms with E-state index in [9.17, 15) is 9.59 Å². The minimum absolute atomic E-state index is 0.0761. The molecule has 1 aliphatic rings. The highest BCUT2D eigenvalue weighted by atomic mass is 16.5. The topological polar surface area (TPSA) is 87.7 Å². The smallest absolute Gasteiger partial charge is 0.227 e.